The number of hydrogen-bond acceptors (Lipinski definition) is 6. The highest BCUT2D eigenvalue weighted by atomic mass is 16.5. The molecule has 0 amide bonds. The third-order valence-corrected chi connectivity index (χ3v) is 3.78. The molecular weight excluding hydrogens is 316 g/mol. The first-order valence-electron chi connectivity index (χ1n) is 7.07. The third-order valence-electron chi connectivity index (χ3n) is 3.78. The number of ether oxygens (including phenoxy) is 3. The lowest BCUT2D eigenvalue weighted by Gasteiger charge is -2.25. The van der Waals surface area contributed by atoms with Crippen molar-refractivity contribution in [3.8, 4) is 17.2 Å². The summed E-state index contributed by atoms with van der Waals surface area (Å²) >= 11 is 0. The number of phenols is 1. The lowest BCUT2D eigenvalue weighted by molar-refractivity contribution is 0.0460. The fourth-order valence-electron chi connectivity index (χ4n) is 2.61. The Morgan fingerprint density at radius 1 is 0.958 bits per heavy atom. The molecule has 1 aliphatic heterocycles. The summed E-state index contributed by atoms with van der Waals surface area (Å²) in [7, 11) is 2.79. The zero-order valence-electron chi connectivity index (χ0n) is 13.0. The second-order valence-corrected chi connectivity index (χ2v) is 5.26. The molecule has 1 atom stereocenters. The Hall–Kier alpha value is -3.22. The minimum Gasteiger partial charge on any atom is -0.571 e. The highest BCUT2D eigenvalue weighted by molar-refractivity contribution is 5.71. The van der Waals surface area contributed by atoms with Crippen LogP contribution in [0.2, 0.25) is 0 Å². The zero-order chi connectivity index (χ0) is 17.4. The number of aliphatic hydroxyl groups is 5. The van der Waals surface area contributed by atoms with Crippen LogP contribution in [0.1, 0.15) is 5.56 Å². The van der Waals surface area contributed by atoms with Crippen LogP contribution in [0, 0.1) is 0 Å². The fraction of sp³-hybridized carbons (Fsp3) is 0.176. The van der Waals surface area contributed by atoms with Crippen molar-refractivity contribution >= 4 is 5.76 Å². The van der Waals surface area contributed by atoms with Gasteiger partial charge in [0, 0.05) is 24.3 Å². The number of fused-ring (bicyclic) bond motifs is 1. The molecule has 0 radical (unpaired) electrons. The molecule has 7 heteroatoms. The molecule has 0 saturated heterocycles. The maximum atomic E-state index is 10.3. The molecule has 3 rings (SSSR count). The first-order valence-corrected chi connectivity index (χ1v) is 7.07. The Morgan fingerprint density at radius 2 is 1.58 bits per heavy atom. The van der Waals surface area contributed by atoms with E-state index in [1.54, 1.807) is 0 Å². The van der Waals surface area contributed by atoms with Crippen LogP contribution in [0.3, 0.4) is 0 Å². The number of methoxy groups -OCH3 is 2. The summed E-state index contributed by atoms with van der Waals surface area (Å²) in [6, 6.07) is 3.02. The van der Waals surface area contributed by atoms with Crippen molar-refractivity contribution < 1.29 is 34.6 Å². The minimum absolute atomic E-state index is 0.111. The number of rotatable bonds is 3. The Bertz CT molecular complexity index is 789. The van der Waals surface area contributed by atoms with E-state index in [4.69, 9.17) is 9.47 Å². The summed E-state index contributed by atoms with van der Waals surface area (Å²) in [5.41, 5.74) is 0.836. The first-order chi connectivity index (χ1) is 11.4. The number of aromatic hydroxyl groups is 1. The normalized spacial score (nSPS) is 19.6. The summed E-state index contributed by atoms with van der Waals surface area (Å²) in [6.45, 7) is 0. The van der Waals surface area contributed by atoms with Gasteiger partial charge in [0.05, 0.1) is 31.4 Å². The van der Waals surface area contributed by atoms with Crippen molar-refractivity contribution in [2.45, 2.75) is 6.10 Å². The van der Waals surface area contributed by atoms with Crippen molar-refractivity contribution in [3.63, 3.8) is 0 Å². The van der Waals surface area contributed by atoms with Gasteiger partial charge in [-0.05, 0) is 0 Å². The molecule has 0 fully saturated rings. The van der Waals surface area contributed by atoms with Gasteiger partial charge in [-0.15, -0.1) is 0 Å². The molecule has 1 aliphatic carbocycles. The Kier molecular flexibility index (Phi) is 3.76. The average Bonchev–Trinajstić information content (AvgIpc) is 2.55. The molecule has 5 N–H and O–H groups in total. The van der Waals surface area contributed by atoms with E-state index in [1.165, 1.54) is 44.6 Å². The molecule has 7 nitrogen and oxygen atoms in total. The predicted octanol–water partition coefficient (Wildman–Crippen LogP) is 2.37. The largest absolute Gasteiger partial charge is 0.571 e. The Balaban J connectivity index is 2.10. The maximum absolute atomic E-state index is 10.3. The molecule has 24 heavy (non-hydrogen) atoms. The van der Waals surface area contributed by atoms with Crippen LogP contribution < -0.4 is 9.47 Å². The number of hydrogen-bond donors (Lipinski definition) is 4. The molecular formula is C17H17O7+. The molecule has 2 aliphatic rings. The van der Waals surface area contributed by atoms with Gasteiger partial charge < -0.3 is 34.6 Å². The van der Waals surface area contributed by atoms with Gasteiger partial charge in [0.15, 0.2) is 11.5 Å². The third kappa shape index (κ3) is 2.50. The lowest BCUT2D eigenvalue weighted by Crippen LogP contribution is -2.25. The molecule has 1 unspecified atom stereocenters. The molecule has 1 heterocycles. The molecule has 1 aromatic rings. The van der Waals surface area contributed by atoms with Crippen molar-refractivity contribution in [3.05, 3.63) is 58.8 Å². The van der Waals surface area contributed by atoms with E-state index >= 15 is 0 Å². The summed E-state index contributed by atoms with van der Waals surface area (Å²) in [5.74, 6) is -0.0365. The smallest absolute Gasteiger partial charge is 0.305 e. The molecule has 1 aromatic carbocycles. The van der Waals surface area contributed by atoms with Crippen LogP contribution in [-0.2, 0) is 0 Å². The SMILES string of the molecule is COc1cc(C2=C(O)C=C3C(O)=CC(O)=CC3[OH+]2)cc(OC)c1O. The van der Waals surface area contributed by atoms with E-state index in [9.17, 15) is 20.4 Å². The van der Waals surface area contributed by atoms with Gasteiger partial charge >= 0.3 is 5.76 Å². The van der Waals surface area contributed by atoms with Crippen LogP contribution in [0.4, 0.5) is 0 Å². The number of phenolic OH excluding ortho intramolecular Hbond substituents is 1. The van der Waals surface area contributed by atoms with Crippen molar-refractivity contribution in [1.82, 2.24) is 0 Å². The highest BCUT2D eigenvalue weighted by Gasteiger charge is 2.34. The van der Waals surface area contributed by atoms with E-state index in [1.807, 2.05) is 0 Å². The molecule has 0 bridgehead atoms. The number of benzene rings is 1. The molecule has 0 aromatic heterocycles. The van der Waals surface area contributed by atoms with Crippen LogP contribution in [0.5, 0.6) is 17.2 Å². The second kappa shape index (κ2) is 5.77. The van der Waals surface area contributed by atoms with Crippen LogP contribution >= 0.6 is 0 Å². The van der Waals surface area contributed by atoms with E-state index in [0.717, 1.165) is 0 Å². The van der Waals surface area contributed by atoms with Gasteiger partial charge in [0.1, 0.15) is 11.5 Å². The van der Waals surface area contributed by atoms with E-state index < -0.39 is 6.10 Å². The van der Waals surface area contributed by atoms with E-state index in [2.05, 4.69) is 4.74 Å². The van der Waals surface area contributed by atoms with Gasteiger partial charge in [-0.25, -0.2) is 0 Å². The summed E-state index contributed by atoms with van der Waals surface area (Å²) in [4.78, 5) is 0. The van der Waals surface area contributed by atoms with E-state index in [-0.39, 0.29) is 40.3 Å². The topological polar surface area (TPSA) is 112 Å². The minimum atomic E-state index is -0.633. The summed E-state index contributed by atoms with van der Waals surface area (Å²) in [6.07, 6.45) is 3.38. The summed E-state index contributed by atoms with van der Waals surface area (Å²) in [5, 5.41) is 39.8. The van der Waals surface area contributed by atoms with Gasteiger partial charge in [-0.2, -0.15) is 0 Å². The van der Waals surface area contributed by atoms with Gasteiger partial charge in [-0.3, -0.25) is 0 Å². The molecule has 126 valence electrons. The lowest BCUT2D eigenvalue weighted by atomic mass is 9.97. The van der Waals surface area contributed by atoms with Gasteiger partial charge in [0.25, 0.3) is 0 Å². The maximum Gasteiger partial charge on any atom is 0.305 e. The Labute approximate surface area is 137 Å². The van der Waals surface area contributed by atoms with Crippen LogP contribution in [-0.4, -0.2) is 45.5 Å². The number of aliphatic hydroxyl groups excluding tert-OH is 3. The van der Waals surface area contributed by atoms with E-state index in [0.29, 0.717) is 11.1 Å². The number of allylic oxidation sites excluding steroid dienone is 2. The fourth-order valence-corrected chi connectivity index (χ4v) is 2.61. The standard InChI is InChI=1S/C17H16O7/c1-22-14-3-8(4-15(23-2)16(14)21)17-12(20)7-10-11(19)5-9(18)6-13(10)24-17/h3-7,13,18-21H,1-2H3/p+1. The molecule has 0 saturated carbocycles. The monoisotopic (exact) mass is 333 g/mol. The quantitative estimate of drug-likeness (QED) is 0.632. The molecule has 0 spiro atoms. The zero-order valence-corrected chi connectivity index (χ0v) is 13.0. The van der Waals surface area contributed by atoms with Crippen LogP contribution in [0.25, 0.3) is 5.76 Å². The Morgan fingerprint density at radius 3 is 2.17 bits per heavy atom. The van der Waals surface area contributed by atoms with Gasteiger partial charge in [0.2, 0.25) is 17.6 Å². The predicted molar refractivity (Wildman–Crippen MR) is 86.3 cm³/mol. The van der Waals surface area contributed by atoms with Crippen molar-refractivity contribution in [2.75, 3.05) is 14.2 Å². The second-order valence-electron chi connectivity index (χ2n) is 5.26. The van der Waals surface area contributed by atoms with Crippen molar-refractivity contribution in [1.29, 1.82) is 0 Å². The van der Waals surface area contributed by atoms with Crippen LogP contribution in [0.15, 0.2) is 53.2 Å². The average molecular weight is 333 g/mol. The highest BCUT2D eigenvalue weighted by Crippen LogP contribution is 2.41. The van der Waals surface area contributed by atoms with Gasteiger partial charge in [-0.1, -0.05) is 0 Å². The summed E-state index contributed by atoms with van der Waals surface area (Å²) < 4.78 is 14.6. The van der Waals surface area contributed by atoms with Crippen molar-refractivity contribution in [2.24, 2.45) is 0 Å². The first kappa shape index (κ1) is 15.7.